The van der Waals surface area contributed by atoms with Gasteiger partial charge in [0.15, 0.2) is 0 Å². The van der Waals surface area contributed by atoms with Crippen LogP contribution in [0.15, 0.2) is 24.3 Å². The van der Waals surface area contributed by atoms with Crippen molar-refractivity contribution in [2.45, 2.75) is 50.1 Å². The van der Waals surface area contributed by atoms with Crippen LogP contribution >= 0.6 is 0 Å². The molecule has 96 valence electrons. The van der Waals surface area contributed by atoms with Gasteiger partial charge < -0.3 is 5.73 Å². The van der Waals surface area contributed by atoms with Crippen LogP contribution in [0, 0.1) is 0 Å². The second kappa shape index (κ2) is 4.09. The SMILES string of the molecule is CC1CCC(NC2CC2)(C(N)=O)c2ccccc21. The Morgan fingerprint density at radius 1 is 1.33 bits per heavy atom. The van der Waals surface area contributed by atoms with Gasteiger partial charge in [-0.25, -0.2) is 0 Å². The highest BCUT2D eigenvalue weighted by molar-refractivity contribution is 5.87. The number of carbonyl (C=O) groups is 1. The first-order chi connectivity index (χ1) is 8.63. The summed E-state index contributed by atoms with van der Waals surface area (Å²) in [6.45, 7) is 2.22. The van der Waals surface area contributed by atoms with Crippen LogP contribution in [0.5, 0.6) is 0 Å². The van der Waals surface area contributed by atoms with Crippen molar-refractivity contribution in [1.82, 2.24) is 5.32 Å². The van der Waals surface area contributed by atoms with Gasteiger partial charge in [0.2, 0.25) is 5.91 Å². The van der Waals surface area contributed by atoms with Gasteiger partial charge in [-0.3, -0.25) is 10.1 Å². The number of primary amides is 1. The largest absolute Gasteiger partial charge is 0.368 e. The zero-order valence-corrected chi connectivity index (χ0v) is 10.8. The van der Waals surface area contributed by atoms with Crippen LogP contribution in [0.2, 0.25) is 0 Å². The summed E-state index contributed by atoms with van der Waals surface area (Å²) >= 11 is 0. The van der Waals surface area contributed by atoms with Crippen molar-refractivity contribution >= 4 is 5.91 Å². The second-order valence-corrected chi connectivity index (χ2v) is 5.72. The van der Waals surface area contributed by atoms with Gasteiger partial charge in [0.1, 0.15) is 5.54 Å². The summed E-state index contributed by atoms with van der Waals surface area (Å²) in [5, 5.41) is 3.51. The molecule has 1 saturated carbocycles. The molecule has 0 bridgehead atoms. The van der Waals surface area contributed by atoms with E-state index in [9.17, 15) is 4.79 Å². The third kappa shape index (κ3) is 1.74. The van der Waals surface area contributed by atoms with Crippen molar-refractivity contribution in [3.8, 4) is 0 Å². The standard InChI is InChI=1S/C15H20N2O/c1-10-8-9-15(14(16)18,17-11-6-7-11)13-5-3-2-4-12(10)13/h2-5,10-11,17H,6-9H2,1H3,(H2,16,18). The van der Waals surface area contributed by atoms with Crippen LogP contribution in [0.4, 0.5) is 0 Å². The molecule has 3 heteroatoms. The molecule has 1 fully saturated rings. The van der Waals surface area contributed by atoms with Gasteiger partial charge in [-0.15, -0.1) is 0 Å². The van der Waals surface area contributed by atoms with Gasteiger partial charge in [-0.1, -0.05) is 31.2 Å². The summed E-state index contributed by atoms with van der Waals surface area (Å²) in [6, 6.07) is 8.71. The van der Waals surface area contributed by atoms with Crippen LogP contribution < -0.4 is 11.1 Å². The maximum Gasteiger partial charge on any atom is 0.242 e. The normalized spacial score (nSPS) is 30.8. The Morgan fingerprint density at radius 2 is 2.06 bits per heavy atom. The zero-order valence-electron chi connectivity index (χ0n) is 10.8. The number of amides is 1. The van der Waals surface area contributed by atoms with Crippen LogP contribution in [-0.2, 0) is 10.3 Å². The fourth-order valence-electron chi connectivity index (χ4n) is 3.09. The molecule has 3 N–H and O–H groups in total. The smallest absolute Gasteiger partial charge is 0.242 e. The minimum absolute atomic E-state index is 0.228. The predicted molar refractivity (Wildman–Crippen MR) is 71.1 cm³/mol. The Balaban J connectivity index is 2.09. The van der Waals surface area contributed by atoms with E-state index in [0.717, 1.165) is 31.2 Å². The Labute approximate surface area is 108 Å². The number of carbonyl (C=O) groups excluding carboxylic acids is 1. The molecular formula is C15H20N2O. The fraction of sp³-hybridized carbons (Fsp3) is 0.533. The Kier molecular flexibility index (Phi) is 2.67. The minimum atomic E-state index is -0.635. The quantitative estimate of drug-likeness (QED) is 0.854. The van der Waals surface area contributed by atoms with Gasteiger partial charge in [-0.2, -0.15) is 0 Å². The minimum Gasteiger partial charge on any atom is -0.368 e. The zero-order chi connectivity index (χ0) is 12.8. The Bertz CT molecular complexity index is 481. The lowest BCUT2D eigenvalue weighted by Crippen LogP contribution is -2.55. The van der Waals surface area contributed by atoms with E-state index in [1.54, 1.807) is 0 Å². The molecule has 3 rings (SSSR count). The van der Waals surface area contributed by atoms with Gasteiger partial charge in [0.05, 0.1) is 0 Å². The fourth-order valence-corrected chi connectivity index (χ4v) is 3.09. The van der Waals surface area contributed by atoms with Crippen molar-refractivity contribution in [3.63, 3.8) is 0 Å². The number of nitrogens with one attached hydrogen (secondary N) is 1. The Hall–Kier alpha value is -1.35. The van der Waals surface area contributed by atoms with E-state index in [4.69, 9.17) is 5.73 Å². The highest BCUT2D eigenvalue weighted by Gasteiger charge is 2.46. The maximum absolute atomic E-state index is 12.1. The average molecular weight is 244 g/mol. The molecule has 0 heterocycles. The molecule has 2 unspecified atom stereocenters. The van der Waals surface area contributed by atoms with E-state index >= 15 is 0 Å². The summed E-state index contributed by atoms with van der Waals surface area (Å²) in [4.78, 5) is 12.1. The van der Waals surface area contributed by atoms with E-state index in [-0.39, 0.29) is 5.91 Å². The van der Waals surface area contributed by atoms with E-state index in [1.807, 2.05) is 12.1 Å². The van der Waals surface area contributed by atoms with Crippen LogP contribution in [0.1, 0.15) is 49.7 Å². The summed E-state index contributed by atoms with van der Waals surface area (Å²) in [5.41, 5.74) is 7.48. The number of fused-ring (bicyclic) bond motifs is 1. The maximum atomic E-state index is 12.1. The second-order valence-electron chi connectivity index (χ2n) is 5.72. The summed E-state index contributed by atoms with van der Waals surface area (Å²) < 4.78 is 0. The predicted octanol–water partition coefficient (Wildman–Crippen LogP) is 2.02. The third-order valence-corrected chi connectivity index (χ3v) is 4.35. The highest BCUT2D eigenvalue weighted by Crippen LogP contribution is 2.42. The molecule has 0 radical (unpaired) electrons. The lowest BCUT2D eigenvalue weighted by molar-refractivity contribution is -0.125. The first-order valence-corrected chi connectivity index (χ1v) is 6.80. The van der Waals surface area contributed by atoms with Crippen LogP contribution in [-0.4, -0.2) is 11.9 Å². The highest BCUT2D eigenvalue weighted by atomic mass is 16.1. The topological polar surface area (TPSA) is 55.1 Å². The molecule has 1 amide bonds. The van der Waals surface area contributed by atoms with Crippen molar-refractivity contribution in [3.05, 3.63) is 35.4 Å². The number of benzene rings is 1. The Morgan fingerprint density at radius 3 is 2.72 bits per heavy atom. The molecule has 3 nitrogen and oxygen atoms in total. The molecule has 0 aliphatic heterocycles. The molecule has 1 aromatic carbocycles. The van der Waals surface area contributed by atoms with Gasteiger partial charge in [0, 0.05) is 6.04 Å². The van der Waals surface area contributed by atoms with E-state index in [0.29, 0.717) is 12.0 Å². The molecule has 18 heavy (non-hydrogen) atoms. The molecule has 0 spiro atoms. The number of nitrogens with two attached hydrogens (primary N) is 1. The number of hydrogen-bond donors (Lipinski definition) is 2. The van der Waals surface area contributed by atoms with Crippen molar-refractivity contribution in [2.24, 2.45) is 5.73 Å². The third-order valence-electron chi connectivity index (χ3n) is 4.35. The lowest BCUT2D eigenvalue weighted by atomic mass is 9.72. The molecule has 0 aromatic heterocycles. The van der Waals surface area contributed by atoms with Crippen LogP contribution in [0.25, 0.3) is 0 Å². The average Bonchev–Trinajstić information content (AvgIpc) is 3.17. The lowest BCUT2D eigenvalue weighted by Gasteiger charge is -2.40. The molecule has 1 aromatic rings. The van der Waals surface area contributed by atoms with Crippen molar-refractivity contribution in [1.29, 1.82) is 0 Å². The summed E-state index contributed by atoms with van der Waals surface area (Å²) in [5.74, 6) is 0.281. The molecule has 2 aliphatic rings. The summed E-state index contributed by atoms with van der Waals surface area (Å²) in [7, 11) is 0. The first kappa shape index (κ1) is 11.7. The first-order valence-electron chi connectivity index (χ1n) is 6.80. The van der Waals surface area contributed by atoms with E-state index in [2.05, 4.69) is 24.4 Å². The number of rotatable bonds is 3. The number of hydrogen-bond acceptors (Lipinski definition) is 2. The van der Waals surface area contributed by atoms with Crippen molar-refractivity contribution in [2.75, 3.05) is 0 Å². The van der Waals surface area contributed by atoms with Crippen LogP contribution in [0.3, 0.4) is 0 Å². The van der Waals surface area contributed by atoms with Gasteiger partial charge in [0.25, 0.3) is 0 Å². The van der Waals surface area contributed by atoms with Gasteiger partial charge >= 0.3 is 0 Å². The molecule has 0 saturated heterocycles. The summed E-state index contributed by atoms with van der Waals surface area (Å²) in [6.07, 6.45) is 4.15. The van der Waals surface area contributed by atoms with Gasteiger partial charge in [-0.05, 0) is 42.7 Å². The monoisotopic (exact) mass is 244 g/mol. The van der Waals surface area contributed by atoms with E-state index in [1.165, 1.54) is 5.56 Å². The van der Waals surface area contributed by atoms with Crippen molar-refractivity contribution < 1.29 is 4.79 Å². The molecule has 2 aliphatic carbocycles. The molecular weight excluding hydrogens is 224 g/mol. The molecule has 2 atom stereocenters. The van der Waals surface area contributed by atoms with E-state index < -0.39 is 5.54 Å².